The Kier molecular flexibility index (Phi) is 9.66. The van der Waals surface area contributed by atoms with E-state index < -0.39 is 0 Å². The van der Waals surface area contributed by atoms with Crippen LogP contribution in [0.1, 0.15) is 23.7 Å². The zero-order chi connectivity index (χ0) is 18.9. The van der Waals surface area contributed by atoms with Gasteiger partial charge in [-0.2, -0.15) is 0 Å². The van der Waals surface area contributed by atoms with E-state index in [4.69, 9.17) is 4.74 Å². The topological polar surface area (TPSA) is 61.8 Å². The molecule has 0 amide bonds. The molecule has 0 radical (unpaired) electrons. The fraction of sp³-hybridized carbons (Fsp3) is 0.429. The van der Waals surface area contributed by atoms with Gasteiger partial charge in [0.2, 0.25) is 0 Å². The molecule has 1 unspecified atom stereocenters. The van der Waals surface area contributed by atoms with Crippen molar-refractivity contribution >= 4 is 29.9 Å². The maximum atomic E-state index is 5.63. The van der Waals surface area contributed by atoms with Gasteiger partial charge in [0.25, 0.3) is 0 Å². The summed E-state index contributed by atoms with van der Waals surface area (Å²) in [5, 5.41) is 6.67. The second-order valence-corrected chi connectivity index (χ2v) is 6.84. The zero-order valence-corrected chi connectivity index (χ0v) is 18.9. The van der Waals surface area contributed by atoms with E-state index in [1.807, 2.05) is 18.2 Å². The fourth-order valence-electron chi connectivity index (χ4n) is 3.21. The molecule has 28 heavy (non-hydrogen) atoms. The minimum absolute atomic E-state index is 0. The van der Waals surface area contributed by atoms with Crippen LogP contribution in [0.5, 0.6) is 0 Å². The highest BCUT2D eigenvalue weighted by Crippen LogP contribution is 2.12. The van der Waals surface area contributed by atoms with E-state index >= 15 is 0 Å². The summed E-state index contributed by atoms with van der Waals surface area (Å²) in [6.45, 7) is 7.29. The molecule has 1 aromatic carbocycles. The van der Waals surface area contributed by atoms with Gasteiger partial charge in [-0.25, -0.2) is 0 Å². The van der Waals surface area contributed by atoms with Gasteiger partial charge in [0, 0.05) is 39.4 Å². The van der Waals surface area contributed by atoms with Gasteiger partial charge < -0.3 is 15.4 Å². The number of guanidine groups is 1. The quantitative estimate of drug-likeness (QED) is 0.367. The van der Waals surface area contributed by atoms with E-state index in [1.54, 1.807) is 13.2 Å². The van der Waals surface area contributed by atoms with Crippen LogP contribution in [0, 0.1) is 0 Å². The van der Waals surface area contributed by atoms with E-state index in [1.165, 1.54) is 11.1 Å². The minimum Gasteiger partial charge on any atom is -0.376 e. The highest BCUT2D eigenvalue weighted by atomic mass is 127. The summed E-state index contributed by atoms with van der Waals surface area (Å²) in [5.74, 6) is 0.771. The summed E-state index contributed by atoms with van der Waals surface area (Å²) in [6, 6.07) is 14.6. The Balaban J connectivity index is 0.00000280. The predicted molar refractivity (Wildman–Crippen MR) is 124 cm³/mol. The molecule has 0 saturated carbocycles. The monoisotopic (exact) mass is 495 g/mol. The van der Waals surface area contributed by atoms with Crippen molar-refractivity contribution in [2.75, 3.05) is 26.7 Å². The van der Waals surface area contributed by atoms with Crippen molar-refractivity contribution in [2.45, 2.75) is 32.7 Å². The SMILES string of the molecule is CN=C(NCc1cccc(CN2CCOC(C)C2)c1)NCc1ccccn1.I. The molecule has 1 aliphatic rings. The second kappa shape index (κ2) is 12.0. The maximum Gasteiger partial charge on any atom is 0.191 e. The van der Waals surface area contributed by atoms with Crippen molar-refractivity contribution in [1.29, 1.82) is 0 Å². The van der Waals surface area contributed by atoms with Gasteiger partial charge in [-0.3, -0.25) is 14.9 Å². The number of ether oxygens (including phenoxy) is 1. The lowest BCUT2D eigenvalue weighted by Crippen LogP contribution is -2.40. The Morgan fingerprint density at radius 3 is 2.75 bits per heavy atom. The average Bonchev–Trinajstić information content (AvgIpc) is 2.69. The number of rotatable bonds is 6. The third-order valence-electron chi connectivity index (χ3n) is 4.57. The van der Waals surface area contributed by atoms with Crippen LogP contribution in [0.25, 0.3) is 0 Å². The standard InChI is InChI=1S/C21H29N5O.HI/c1-17-15-26(10-11-27-17)16-19-7-5-6-18(12-19)13-24-21(22-2)25-14-20-8-3-4-9-23-20;/h3-9,12,17H,10-11,13-16H2,1-2H3,(H2,22,24,25);1H. The lowest BCUT2D eigenvalue weighted by Gasteiger charge is -2.31. The Morgan fingerprint density at radius 1 is 1.18 bits per heavy atom. The molecule has 3 rings (SSSR count). The number of morpholine rings is 1. The summed E-state index contributed by atoms with van der Waals surface area (Å²) in [5.41, 5.74) is 3.57. The summed E-state index contributed by atoms with van der Waals surface area (Å²) < 4.78 is 5.63. The van der Waals surface area contributed by atoms with Crippen LogP contribution in [0.4, 0.5) is 0 Å². The first kappa shape index (κ1) is 22.6. The number of halogens is 1. The number of benzene rings is 1. The number of pyridine rings is 1. The molecule has 7 heteroatoms. The van der Waals surface area contributed by atoms with Gasteiger partial charge in [-0.05, 0) is 30.2 Å². The van der Waals surface area contributed by atoms with Crippen LogP contribution in [0.15, 0.2) is 53.7 Å². The Labute approximate surface area is 184 Å². The first-order valence-electron chi connectivity index (χ1n) is 9.49. The van der Waals surface area contributed by atoms with Gasteiger partial charge in [0.05, 0.1) is 24.9 Å². The molecule has 1 aromatic heterocycles. The summed E-state index contributed by atoms with van der Waals surface area (Å²) in [6.07, 6.45) is 2.12. The zero-order valence-electron chi connectivity index (χ0n) is 16.6. The van der Waals surface area contributed by atoms with Crippen molar-refractivity contribution in [3.05, 3.63) is 65.5 Å². The molecule has 2 N–H and O–H groups in total. The van der Waals surface area contributed by atoms with Crippen LogP contribution in [-0.2, 0) is 24.4 Å². The van der Waals surface area contributed by atoms with Crippen molar-refractivity contribution in [1.82, 2.24) is 20.5 Å². The molecule has 2 aromatic rings. The summed E-state index contributed by atoms with van der Waals surface area (Å²) in [4.78, 5) is 11.1. The van der Waals surface area contributed by atoms with Crippen molar-refractivity contribution in [2.24, 2.45) is 4.99 Å². The number of hydrogen-bond acceptors (Lipinski definition) is 4. The number of aromatic nitrogens is 1. The smallest absolute Gasteiger partial charge is 0.191 e. The molecule has 1 atom stereocenters. The Bertz CT molecular complexity index is 741. The van der Waals surface area contributed by atoms with Crippen molar-refractivity contribution in [3.63, 3.8) is 0 Å². The van der Waals surface area contributed by atoms with Crippen LogP contribution >= 0.6 is 24.0 Å². The molecular weight excluding hydrogens is 465 g/mol. The third-order valence-corrected chi connectivity index (χ3v) is 4.57. The molecule has 1 saturated heterocycles. The molecule has 0 bridgehead atoms. The fourth-order valence-corrected chi connectivity index (χ4v) is 3.21. The van der Waals surface area contributed by atoms with E-state index in [0.29, 0.717) is 12.6 Å². The maximum absolute atomic E-state index is 5.63. The molecule has 0 aliphatic carbocycles. The van der Waals surface area contributed by atoms with Gasteiger partial charge >= 0.3 is 0 Å². The van der Waals surface area contributed by atoms with Crippen LogP contribution in [0.2, 0.25) is 0 Å². The lowest BCUT2D eigenvalue weighted by molar-refractivity contribution is -0.0212. The van der Waals surface area contributed by atoms with Gasteiger partial charge in [-0.1, -0.05) is 30.3 Å². The summed E-state index contributed by atoms with van der Waals surface area (Å²) in [7, 11) is 1.78. The molecule has 6 nitrogen and oxygen atoms in total. The minimum atomic E-state index is 0. The van der Waals surface area contributed by atoms with Crippen LogP contribution in [-0.4, -0.2) is 48.7 Å². The van der Waals surface area contributed by atoms with E-state index in [9.17, 15) is 0 Å². The van der Waals surface area contributed by atoms with E-state index in [-0.39, 0.29) is 24.0 Å². The lowest BCUT2D eigenvalue weighted by atomic mass is 10.1. The van der Waals surface area contributed by atoms with E-state index in [0.717, 1.165) is 44.4 Å². The summed E-state index contributed by atoms with van der Waals surface area (Å²) >= 11 is 0. The first-order chi connectivity index (χ1) is 13.2. The van der Waals surface area contributed by atoms with Gasteiger partial charge in [-0.15, -0.1) is 24.0 Å². The molecular formula is C21H30IN5O. The van der Waals surface area contributed by atoms with Crippen molar-refractivity contribution < 1.29 is 4.74 Å². The molecule has 0 spiro atoms. The van der Waals surface area contributed by atoms with Crippen LogP contribution < -0.4 is 10.6 Å². The number of nitrogens with zero attached hydrogens (tertiary/aromatic N) is 3. The Hall–Kier alpha value is -1.71. The van der Waals surface area contributed by atoms with Gasteiger partial charge in [0.15, 0.2) is 5.96 Å². The molecule has 2 heterocycles. The molecule has 152 valence electrons. The largest absolute Gasteiger partial charge is 0.376 e. The van der Waals surface area contributed by atoms with Crippen molar-refractivity contribution in [3.8, 4) is 0 Å². The number of hydrogen-bond donors (Lipinski definition) is 2. The average molecular weight is 495 g/mol. The highest BCUT2D eigenvalue weighted by molar-refractivity contribution is 14.0. The number of nitrogens with one attached hydrogen (secondary N) is 2. The first-order valence-corrected chi connectivity index (χ1v) is 9.49. The molecule has 1 fully saturated rings. The van der Waals surface area contributed by atoms with Gasteiger partial charge in [0.1, 0.15) is 0 Å². The Morgan fingerprint density at radius 2 is 2.00 bits per heavy atom. The number of aliphatic imine (C=N–C) groups is 1. The molecule has 1 aliphatic heterocycles. The second-order valence-electron chi connectivity index (χ2n) is 6.84. The normalized spacial score (nSPS) is 17.6. The van der Waals surface area contributed by atoms with Crippen LogP contribution in [0.3, 0.4) is 0 Å². The predicted octanol–water partition coefficient (Wildman–Crippen LogP) is 2.79. The third kappa shape index (κ3) is 7.37. The highest BCUT2D eigenvalue weighted by Gasteiger charge is 2.16. The van der Waals surface area contributed by atoms with E-state index in [2.05, 4.69) is 56.7 Å².